The zero-order chi connectivity index (χ0) is 12.6. The Balaban J connectivity index is 2.48. The van der Waals surface area contributed by atoms with E-state index in [-0.39, 0.29) is 11.8 Å². The second-order valence-corrected chi connectivity index (χ2v) is 5.46. The van der Waals surface area contributed by atoms with Gasteiger partial charge >= 0.3 is 5.97 Å². The monoisotopic (exact) mass is 232 g/mol. The van der Waals surface area contributed by atoms with E-state index in [1.54, 1.807) is 0 Å². The van der Waals surface area contributed by atoms with Gasteiger partial charge in [-0.15, -0.1) is 0 Å². The van der Waals surface area contributed by atoms with E-state index in [1.165, 1.54) is 16.7 Å². The third-order valence-corrected chi connectivity index (χ3v) is 3.85. The Bertz CT molecular complexity index is 435. The first-order valence-electron chi connectivity index (χ1n) is 6.33. The van der Waals surface area contributed by atoms with Gasteiger partial charge in [0.05, 0.1) is 5.92 Å². The highest BCUT2D eigenvalue weighted by molar-refractivity contribution is 5.72. The maximum atomic E-state index is 11.4. The van der Waals surface area contributed by atoms with Gasteiger partial charge in [0.25, 0.3) is 0 Å². The lowest BCUT2D eigenvalue weighted by atomic mass is 9.70. The van der Waals surface area contributed by atoms with Gasteiger partial charge in [-0.3, -0.25) is 4.79 Å². The first-order chi connectivity index (χ1) is 8.00. The largest absolute Gasteiger partial charge is 0.481 e. The highest BCUT2D eigenvalue weighted by atomic mass is 16.4. The summed E-state index contributed by atoms with van der Waals surface area (Å²) < 4.78 is 0. The average molecular weight is 232 g/mol. The molecule has 2 rings (SSSR count). The zero-order valence-corrected chi connectivity index (χ0v) is 10.7. The van der Waals surface area contributed by atoms with Crippen LogP contribution in [0.4, 0.5) is 0 Å². The van der Waals surface area contributed by atoms with E-state index in [0.717, 1.165) is 12.8 Å². The molecule has 2 unspecified atom stereocenters. The molecule has 0 saturated heterocycles. The normalized spacial score (nSPS) is 23.5. The Kier molecular flexibility index (Phi) is 3.23. The van der Waals surface area contributed by atoms with Gasteiger partial charge in [0.15, 0.2) is 0 Å². The summed E-state index contributed by atoms with van der Waals surface area (Å²) in [6, 6.07) is 6.46. The van der Waals surface area contributed by atoms with E-state index in [2.05, 4.69) is 39.0 Å². The molecule has 1 aliphatic rings. The molecule has 1 aromatic carbocycles. The van der Waals surface area contributed by atoms with Crippen LogP contribution >= 0.6 is 0 Å². The first-order valence-corrected chi connectivity index (χ1v) is 6.33. The van der Waals surface area contributed by atoms with Crippen molar-refractivity contribution in [1.29, 1.82) is 0 Å². The molecule has 1 aromatic rings. The van der Waals surface area contributed by atoms with Crippen LogP contribution < -0.4 is 0 Å². The van der Waals surface area contributed by atoms with E-state index in [0.29, 0.717) is 5.92 Å². The number of carboxylic acids is 1. The molecule has 92 valence electrons. The van der Waals surface area contributed by atoms with Crippen molar-refractivity contribution in [2.45, 2.75) is 39.5 Å². The van der Waals surface area contributed by atoms with E-state index in [4.69, 9.17) is 0 Å². The lowest BCUT2D eigenvalue weighted by molar-refractivity contribution is -0.143. The Hall–Kier alpha value is -1.31. The summed E-state index contributed by atoms with van der Waals surface area (Å²) in [4.78, 5) is 11.4. The number of carbonyl (C=O) groups is 1. The van der Waals surface area contributed by atoms with E-state index < -0.39 is 5.97 Å². The quantitative estimate of drug-likeness (QED) is 0.848. The van der Waals surface area contributed by atoms with Gasteiger partial charge in [0, 0.05) is 0 Å². The fourth-order valence-electron chi connectivity index (χ4n) is 3.06. The van der Waals surface area contributed by atoms with Gasteiger partial charge in [0.1, 0.15) is 0 Å². The molecular weight excluding hydrogens is 212 g/mol. The molecule has 17 heavy (non-hydrogen) atoms. The fraction of sp³-hybridized carbons (Fsp3) is 0.533. The lowest BCUT2D eigenvalue weighted by Gasteiger charge is -2.34. The molecule has 0 bridgehead atoms. The molecule has 0 aromatic heterocycles. The van der Waals surface area contributed by atoms with E-state index in [9.17, 15) is 9.90 Å². The predicted molar refractivity (Wildman–Crippen MR) is 68.2 cm³/mol. The third-order valence-electron chi connectivity index (χ3n) is 3.85. The minimum atomic E-state index is -0.643. The topological polar surface area (TPSA) is 37.3 Å². The van der Waals surface area contributed by atoms with Gasteiger partial charge < -0.3 is 5.11 Å². The molecule has 0 amide bonds. The molecule has 0 fully saturated rings. The number of aliphatic carboxylic acids is 1. The summed E-state index contributed by atoms with van der Waals surface area (Å²) in [5, 5.41) is 9.35. The average Bonchev–Trinajstić information content (AvgIpc) is 2.26. The van der Waals surface area contributed by atoms with Crippen molar-refractivity contribution in [2.75, 3.05) is 0 Å². The summed E-state index contributed by atoms with van der Waals surface area (Å²) in [6.07, 6.45) is 1.67. The van der Waals surface area contributed by atoms with Gasteiger partial charge in [0.2, 0.25) is 0 Å². The molecule has 0 spiro atoms. The zero-order valence-electron chi connectivity index (χ0n) is 10.7. The molecule has 1 aliphatic carbocycles. The Labute approximate surface area is 103 Å². The van der Waals surface area contributed by atoms with Crippen LogP contribution in [0.5, 0.6) is 0 Å². The number of hydrogen-bond donors (Lipinski definition) is 1. The molecule has 0 aliphatic heterocycles. The highest BCUT2D eigenvalue weighted by Crippen LogP contribution is 2.41. The second kappa shape index (κ2) is 4.52. The van der Waals surface area contributed by atoms with Crippen LogP contribution in [0.15, 0.2) is 18.2 Å². The SMILES string of the molecule is Cc1ccc2c(c1)C(C(C)C)C(C(=O)O)CC2. The number of rotatable bonds is 2. The van der Waals surface area contributed by atoms with Crippen LogP contribution in [0.3, 0.4) is 0 Å². The Morgan fingerprint density at radius 3 is 2.71 bits per heavy atom. The smallest absolute Gasteiger partial charge is 0.307 e. The van der Waals surface area contributed by atoms with Crippen LogP contribution in [0, 0.1) is 18.8 Å². The molecule has 2 nitrogen and oxygen atoms in total. The maximum Gasteiger partial charge on any atom is 0.307 e. The third kappa shape index (κ3) is 2.21. The van der Waals surface area contributed by atoms with Crippen molar-refractivity contribution in [3.8, 4) is 0 Å². The van der Waals surface area contributed by atoms with Crippen molar-refractivity contribution >= 4 is 5.97 Å². The minimum Gasteiger partial charge on any atom is -0.481 e. The molecule has 2 atom stereocenters. The summed E-state index contributed by atoms with van der Waals surface area (Å²) in [5.74, 6) is -0.326. The number of hydrogen-bond acceptors (Lipinski definition) is 1. The van der Waals surface area contributed by atoms with Gasteiger partial charge in [-0.05, 0) is 42.7 Å². The lowest BCUT2D eigenvalue weighted by Crippen LogP contribution is -2.30. The number of fused-ring (bicyclic) bond motifs is 1. The minimum absolute atomic E-state index is 0.163. The van der Waals surface area contributed by atoms with Crippen LogP contribution in [0.25, 0.3) is 0 Å². The molecule has 0 heterocycles. The van der Waals surface area contributed by atoms with Crippen LogP contribution in [0.1, 0.15) is 42.9 Å². The van der Waals surface area contributed by atoms with Crippen molar-refractivity contribution in [2.24, 2.45) is 11.8 Å². The summed E-state index contributed by atoms with van der Waals surface area (Å²) in [7, 11) is 0. The highest BCUT2D eigenvalue weighted by Gasteiger charge is 2.36. The standard InChI is InChI=1S/C15H20O2/c1-9(2)14-12(15(16)17)7-6-11-5-4-10(3)8-13(11)14/h4-5,8-9,12,14H,6-7H2,1-3H3,(H,16,17). The van der Waals surface area contributed by atoms with Gasteiger partial charge in [-0.25, -0.2) is 0 Å². The predicted octanol–water partition coefficient (Wildman–Crippen LogP) is 3.38. The van der Waals surface area contributed by atoms with Gasteiger partial charge in [-0.2, -0.15) is 0 Å². The van der Waals surface area contributed by atoms with Crippen molar-refractivity contribution in [3.63, 3.8) is 0 Å². The van der Waals surface area contributed by atoms with Crippen molar-refractivity contribution in [3.05, 3.63) is 34.9 Å². The maximum absolute atomic E-state index is 11.4. The molecule has 0 radical (unpaired) electrons. The van der Waals surface area contributed by atoms with Crippen molar-refractivity contribution in [1.82, 2.24) is 0 Å². The number of aryl methyl sites for hydroxylation is 2. The molecule has 0 saturated carbocycles. The molecule has 2 heteroatoms. The number of carboxylic acid groups (broad SMARTS) is 1. The summed E-state index contributed by atoms with van der Waals surface area (Å²) >= 11 is 0. The van der Waals surface area contributed by atoms with Gasteiger partial charge in [-0.1, -0.05) is 37.6 Å². The van der Waals surface area contributed by atoms with E-state index in [1.807, 2.05) is 0 Å². The summed E-state index contributed by atoms with van der Waals surface area (Å²) in [5.41, 5.74) is 3.82. The molecule has 1 N–H and O–H groups in total. The number of benzene rings is 1. The second-order valence-electron chi connectivity index (χ2n) is 5.46. The Morgan fingerprint density at radius 1 is 1.41 bits per heavy atom. The summed E-state index contributed by atoms with van der Waals surface area (Å²) in [6.45, 7) is 6.32. The van der Waals surface area contributed by atoms with Crippen molar-refractivity contribution < 1.29 is 9.90 Å². The van der Waals surface area contributed by atoms with Crippen LogP contribution in [-0.4, -0.2) is 11.1 Å². The molecular formula is C15H20O2. The Morgan fingerprint density at radius 2 is 2.12 bits per heavy atom. The van der Waals surface area contributed by atoms with Crippen LogP contribution in [-0.2, 0) is 11.2 Å². The first kappa shape index (κ1) is 12.2. The van der Waals surface area contributed by atoms with Crippen LogP contribution in [0.2, 0.25) is 0 Å². The fourth-order valence-corrected chi connectivity index (χ4v) is 3.06. The van der Waals surface area contributed by atoms with E-state index >= 15 is 0 Å².